The summed E-state index contributed by atoms with van der Waals surface area (Å²) in [6, 6.07) is 46.6. The molecule has 0 heterocycles. The Morgan fingerprint density at radius 2 is 0.935 bits per heavy atom. The molecule has 0 radical (unpaired) electrons. The van der Waals surface area contributed by atoms with Crippen LogP contribution in [0.25, 0.3) is 0 Å². The topological polar surface area (TPSA) is 68.8 Å². The van der Waals surface area contributed by atoms with Gasteiger partial charge in [0.15, 0.2) is 5.11 Å². The molecule has 0 spiro atoms. The Morgan fingerprint density at radius 1 is 0.587 bits per heavy atom. The molecule has 6 nitrogen and oxygen atoms in total. The summed E-state index contributed by atoms with van der Waals surface area (Å²) in [5.74, 6) is 1.45. The van der Waals surface area contributed by atoms with E-state index in [4.69, 9.17) is 26.4 Å². The first kappa shape index (κ1) is 34.2. The predicted octanol–water partition coefficient (Wildman–Crippen LogP) is 7.53. The Bertz CT molecular complexity index is 1490. The van der Waals surface area contributed by atoms with Crippen molar-refractivity contribution >= 4 is 57.9 Å². The van der Waals surface area contributed by atoms with Gasteiger partial charge in [0, 0.05) is 11.4 Å². The molecule has 8 heteroatoms. The minimum absolute atomic E-state index is 0.241. The van der Waals surface area contributed by atoms with Crippen LogP contribution < -0.4 is 36.0 Å². The third-order valence-electron chi connectivity index (χ3n) is 7.14. The fourth-order valence-electron chi connectivity index (χ4n) is 5.02. The molecular formula is C38H41N2O4PS. The van der Waals surface area contributed by atoms with Crippen LogP contribution in [0.3, 0.4) is 0 Å². The minimum atomic E-state index is -2.43. The summed E-state index contributed by atoms with van der Waals surface area (Å²) in [5.41, 5.74) is 1.82. The van der Waals surface area contributed by atoms with Gasteiger partial charge in [0.2, 0.25) is 0 Å². The summed E-state index contributed by atoms with van der Waals surface area (Å²) < 4.78 is 16.4. The van der Waals surface area contributed by atoms with E-state index in [1.165, 1.54) is 22.8 Å². The molecule has 46 heavy (non-hydrogen) atoms. The van der Waals surface area contributed by atoms with Crippen LogP contribution in [0.4, 0.5) is 11.4 Å². The van der Waals surface area contributed by atoms with E-state index >= 15 is 0 Å². The van der Waals surface area contributed by atoms with Crippen molar-refractivity contribution < 1.29 is 19.0 Å². The van der Waals surface area contributed by atoms with Gasteiger partial charge >= 0.3 is 143 Å². The Hall–Kier alpha value is -4.71. The van der Waals surface area contributed by atoms with Crippen molar-refractivity contribution in [3.63, 3.8) is 0 Å². The van der Waals surface area contributed by atoms with Gasteiger partial charge in [-0.3, -0.25) is 0 Å². The Balaban J connectivity index is 0.000000210. The van der Waals surface area contributed by atoms with Gasteiger partial charge < -0.3 is 20.1 Å². The van der Waals surface area contributed by atoms with Crippen molar-refractivity contribution in [2.24, 2.45) is 0 Å². The second-order valence-corrected chi connectivity index (χ2v) is 14.5. The zero-order valence-corrected chi connectivity index (χ0v) is 28.3. The summed E-state index contributed by atoms with van der Waals surface area (Å²) >= 11 is 5.30. The van der Waals surface area contributed by atoms with E-state index < -0.39 is 7.26 Å². The van der Waals surface area contributed by atoms with Gasteiger partial charge in [-0.05, 0) is 74.6 Å². The molecule has 5 rings (SSSR count). The molecule has 0 aliphatic rings. The molecule has 0 aromatic heterocycles. The monoisotopic (exact) mass is 652 g/mol. The number of anilines is 2. The molecule has 0 unspecified atom stereocenters. The van der Waals surface area contributed by atoms with Crippen LogP contribution in [0, 0.1) is 0 Å². The van der Waals surface area contributed by atoms with Gasteiger partial charge in [0.25, 0.3) is 0 Å². The van der Waals surface area contributed by atoms with Crippen molar-refractivity contribution in [2.75, 3.05) is 30.2 Å². The van der Waals surface area contributed by atoms with Crippen LogP contribution in [0.5, 0.6) is 11.5 Å². The average Bonchev–Trinajstić information content (AvgIpc) is 3.09. The Kier molecular flexibility index (Phi) is 13.1. The maximum atomic E-state index is 11.6. The second-order valence-electron chi connectivity index (χ2n) is 10.3. The van der Waals surface area contributed by atoms with Gasteiger partial charge in [-0.25, -0.2) is 0 Å². The van der Waals surface area contributed by atoms with Crippen molar-refractivity contribution in [1.29, 1.82) is 0 Å². The summed E-state index contributed by atoms with van der Waals surface area (Å²) in [6.07, 6.45) is 0.403. The van der Waals surface area contributed by atoms with Crippen molar-refractivity contribution in [3.8, 4) is 11.5 Å². The third kappa shape index (κ3) is 9.64. The molecule has 0 saturated carbocycles. The summed E-state index contributed by atoms with van der Waals surface area (Å²) in [6.45, 7) is 6.71. The van der Waals surface area contributed by atoms with Gasteiger partial charge in [-0.2, -0.15) is 0 Å². The number of esters is 1. The first-order chi connectivity index (χ1) is 22.4. The molecule has 5 aromatic carbocycles. The molecule has 5 aromatic rings. The van der Waals surface area contributed by atoms with E-state index in [0.29, 0.717) is 24.7 Å². The Labute approximate surface area is 278 Å². The average molecular weight is 653 g/mol. The van der Waals surface area contributed by atoms with Crippen LogP contribution in [0.1, 0.15) is 20.8 Å². The quantitative estimate of drug-likeness (QED) is 0.0869. The molecule has 0 atom stereocenters. The molecular weight excluding hydrogens is 611 g/mol. The number of hydrogen-bond donors (Lipinski definition) is 2. The Morgan fingerprint density at radius 3 is 1.24 bits per heavy atom. The first-order valence-electron chi connectivity index (χ1n) is 15.3. The van der Waals surface area contributed by atoms with E-state index in [2.05, 4.69) is 83.4 Å². The van der Waals surface area contributed by atoms with Gasteiger partial charge in [-0.1, -0.05) is 0 Å². The second kappa shape index (κ2) is 17.7. The molecule has 0 bridgehead atoms. The zero-order chi connectivity index (χ0) is 32.6. The maximum Gasteiger partial charge on any atom is 0.175 e. The molecule has 0 aliphatic carbocycles. The molecule has 238 valence electrons. The molecule has 0 amide bonds. The standard InChI is InChI=1S/C21H21O2P.C17H20N2O2S/c1-18(22)23-17-24(19-11-5-2-6-12-19,20-13-7-3-8-14-20)21-15-9-4-10-16-21;1-3-20-15-9-5-13(6-10-15)18-17(22)19-14-7-11-16(12-8-14)21-4-2/h2-16,24H,17H2,1H3;5-12H,3-4H2,1-2H3,(H2,18,19,22). The number of carbonyl (C=O) groups is 1. The minimum Gasteiger partial charge on any atom is -0.494 e. The summed E-state index contributed by atoms with van der Waals surface area (Å²) in [5, 5.41) is 10.5. The zero-order valence-electron chi connectivity index (χ0n) is 26.4. The number of thiocarbonyl (C=S) groups is 1. The van der Waals surface area contributed by atoms with Crippen LogP contribution in [0.15, 0.2) is 140 Å². The van der Waals surface area contributed by atoms with Crippen LogP contribution in [-0.2, 0) is 9.53 Å². The number of benzene rings is 5. The van der Waals surface area contributed by atoms with Gasteiger partial charge in [-0.15, -0.1) is 0 Å². The molecule has 0 fully saturated rings. The van der Waals surface area contributed by atoms with E-state index in [1.54, 1.807) is 0 Å². The molecule has 0 saturated heterocycles. The number of nitrogens with one attached hydrogen (secondary N) is 2. The number of carbonyl (C=O) groups excluding carboxylic acids is 1. The number of ether oxygens (including phenoxy) is 3. The summed E-state index contributed by atoms with van der Waals surface area (Å²) in [7, 11) is -2.43. The van der Waals surface area contributed by atoms with E-state index in [9.17, 15) is 4.79 Å². The fraction of sp³-hybridized carbons (Fsp3) is 0.158. The van der Waals surface area contributed by atoms with Crippen molar-refractivity contribution in [3.05, 3.63) is 140 Å². The maximum absolute atomic E-state index is 11.6. The van der Waals surface area contributed by atoms with Gasteiger partial charge in [0.05, 0.1) is 13.2 Å². The number of rotatable bonds is 11. The van der Waals surface area contributed by atoms with Crippen molar-refractivity contribution in [1.82, 2.24) is 0 Å². The number of hydrogen-bond acceptors (Lipinski definition) is 5. The van der Waals surface area contributed by atoms with Crippen LogP contribution in [0.2, 0.25) is 0 Å². The summed E-state index contributed by atoms with van der Waals surface area (Å²) in [4.78, 5) is 11.6. The van der Waals surface area contributed by atoms with Crippen LogP contribution in [-0.4, -0.2) is 30.6 Å². The van der Waals surface area contributed by atoms with Gasteiger partial charge in [0.1, 0.15) is 11.5 Å². The fourth-order valence-corrected chi connectivity index (χ4v) is 9.46. The van der Waals surface area contributed by atoms with Crippen molar-refractivity contribution in [2.45, 2.75) is 20.8 Å². The predicted molar refractivity (Wildman–Crippen MR) is 198 cm³/mol. The normalized spacial score (nSPS) is 10.8. The third-order valence-corrected chi connectivity index (χ3v) is 11.9. The largest absolute Gasteiger partial charge is 0.494 e. The molecule has 2 N–H and O–H groups in total. The van der Waals surface area contributed by atoms with E-state index in [0.717, 1.165) is 22.9 Å². The molecule has 0 aliphatic heterocycles. The smallest absolute Gasteiger partial charge is 0.175 e. The van der Waals surface area contributed by atoms with Crippen LogP contribution >= 0.6 is 19.5 Å². The van der Waals surface area contributed by atoms with E-state index in [1.807, 2.05) is 80.6 Å². The first-order valence-corrected chi connectivity index (χ1v) is 17.9. The van der Waals surface area contributed by atoms with E-state index in [-0.39, 0.29) is 5.97 Å². The SMILES string of the molecule is CC(=O)OC[PH](c1ccccc1)(c1ccccc1)c1ccccc1.CCOc1ccc(NC(=S)Nc2ccc(OCC)cc2)cc1.